The van der Waals surface area contributed by atoms with E-state index in [1.165, 1.54) is 19.1 Å². The predicted octanol–water partition coefficient (Wildman–Crippen LogP) is 4.19. The molecule has 0 radical (unpaired) electrons. The molecule has 11 heteroatoms. The van der Waals surface area contributed by atoms with Crippen LogP contribution in [0, 0.1) is 0 Å². The van der Waals surface area contributed by atoms with Crippen molar-refractivity contribution in [2.45, 2.75) is 50.6 Å². The minimum Gasteiger partial charge on any atom is -0.507 e. The first-order chi connectivity index (χ1) is 15.8. The molecular formula is C24H34Cl2N4O4S. The number of phenolic OH excluding ortho intramolecular Hbond substituents is 1. The molecule has 2 aromatic carbocycles. The van der Waals surface area contributed by atoms with Gasteiger partial charge in [-0.3, -0.25) is 19.3 Å². The minimum atomic E-state index is -3.83. The van der Waals surface area contributed by atoms with E-state index in [0.29, 0.717) is 24.5 Å². The Balaban J connectivity index is 0.00000216. The zero-order valence-corrected chi connectivity index (χ0v) is 22.3. The fourth-order valence-corrected chi connectivity index (χ4v) is 5.60. The third-order valence-electron chi connectivity index (χ3n) is 6.19. The summed E-state index contributed by atoms with van der Waals surface area (Å²) >= 11 is 0. The van der Waals surface area contributed by atoms with Crippen molar-refractivity contribution in [2.24, 2.45) is 0 Å². The largest absolute Gasteiger partial charge is 0.507 e. The van der Waals surface area contributed by atoms with E-state index in [2.05, 4.69) is 19.8 Å². The molecule has 0 aromatic heterocycles. The van der Waals surface area contributed by atoms with E-state index >= 15 is 0 Å². The van der Waals surface area contributed by atoms with Crippen LogP contribution in [0.15, 0.2) is 41.3 Å². The molecule has 194 valence electrons. The lowest BCUT2D eigenvalue weighted by Crippen LogP contribution is -2.21. The van der Waals surface area contributed by atoms with Crippen LogP contribution in [-0.2, 0) is 27.9 Å². The molecule has 3 N–H and O–H groups in total. The van der Waals surface area contributed by atoms with Gasteiger partial charge in [-0.1, -0.05) is 0 Å². The van der Waals surface area contributed by atoms with Crippen LogP contribution in [0.5, 0.6) is 5.75 Å². The first-order valence-corrected chi connectivity index (χ1v) is 13.0. The van der Waals surface area contributed by atoms with Crippen LogP contribution in [0.4, 0.5) is 11.4 Å². The lowest BCUT2D eigenvalue weighted by molar-refractivity contribution is -0.114. The first kappa shape index (κ1) is 29.2. The highest BCUT2D eigenvalue weighted by molar-refractivity contribution is 7.92. The van der Waals surface area contributed by atoms with E-state index in [1.54, 1.807) is 24.3 Å². The second kappa shape index (κ2) is 12.8. The first-order valence-electron chi connectivity index (χ1n) is 11.5. The number of rotatable bonds is 8. The van der Waals surface area contributed by atoms with E-state index in [1.807, 2.05) is 0 Å². The summed E-state index contributed by atoms with van der Waals surface area (Å²) in [6.45, 7) is 6.53. The van der Waals surface area contributed by atoms with Gasteiger partial charge in [0.15, 0.2) is 0 Å². The van der Waals surface area contributed by atoms with Crippen LogP contribution < -0.4 is 10.0 Å². The molecule has 0 bridgehead atoms. The van der Waals surface area contributed by atoms with Crippen LogP contribution in [0.2, 0.25) is 0 Å². The number of likely N-dealkylation sites (tertiary alicyclic amines) is 2. The number of hydrogen-bond donors (Lipinski definition) is 3. The van der Waals surface area contributed by atoms with Gasteiger partial charge in [0.25, 0.3) is 10.0 Å². The fraction of sp³-hybridized carbons (Fsp3) is 0.458. The van der Waals surface area contributed by atoms with Gasteiger partial charge in [-0.05, 0) is 88.3 Å². The summed E-state index contributed by atoms with van der Waals surface area (Å²) in [6.07, 6.45) is 4.56. The number of nitrogens with zero attached hydrogens (tertiary/aromatic N) is 2. The van der Waals surface area contributed by atoms with Crippen molar-refractivity contribution in [3.8, 4) is 5.75 Å². The molecule has 2 saturated heterocycles. The maximum atomic E-state index is 13.0. The average Bonchev–Trinajstić information content (AvgIpc) is 3.45. The molecule has 2 aliphatic rings. The van der Waals surface area contributed by atoms with Crippen LogP contribution in [0.25, 0.3) is 0 Å². The fourth-order valence-electron chi connectivity index (χ4n) is 4.56. The SMILES string of the molecule is CC(=O)Nc1ccc(S(=O)(=O)Nc2cc(CN3CCCC3)c(O)c(CN3CCCC3)c2)cc1.Cl.Cl. The molecule has 2 heterocycles. The van der Waals surface area contributed by atoms with Gasteiger partial charge in [0.05, 0.1) is 4.90 Å². The van der Waals surface area contributed by atoms with Gasteiger partial charge in [-0.2, -0.15) is 0 Å². The predicted molar refractivity (Wildman–Crippen MR) is 143 cm³/mol. The smallest absolute Gasteiger partial charge is 0.261 e. The highest BCUT2D eigenvalue weighted by Gasteiger charge is 2.21. The molecule has 0 spiro atoms. The quantitative estimate of drug-likeness (QED) is 0.430. The van der Waals surface area contributed by atoms with Crippen LogP contribution in [0.1, 0.15) is 43.7 Å². The summed E-state index contributed by atoms with van der Waals surface area (Å²) < 4.78 is 28.8. The lowest BCUT2D eigenvalue weighted by Gasteiger charge is -2.21. The average molecular weight is 546 g/mol. The molecule has 0 atom stereocenters. The summed E-state index contributed by atoms with van der Waals surface area (Å²) in [5, 5.41) is 13.6. The molecule has 0 saturated carbocycles. The van der Waals surface area contributed by atoms with Gasteiger partial charge in [-0.25, -0.2) is 8.42 Å². The van der Waals surface area contributed by atoms with E-state index in [-0.39, 0.29) is 41.4 Å². The summed E-state index contributed by atoms with van der Waals surface area (Å²) in [5.74, 6) is 0.0419. The monoisotopic (exact) mass is 544 g/mol. The lowest BCUT2D eigenvalue weighted by atomic mass is 10.1. The van der Waals surface area contributed by atoms with Crippen LogP contribution >= 0.6 is 24.8 Å². The van der Waals surface area contributed by atoms with Crippen molar-refractivity contribution in [3.63, 3.8) is 0 Å². The van der Waals surface area contributed by atoms with Gasteiger partial charge in [0.1, 0.15) is 5.75 Å². The standard InChI is InChI=1S/C24H32N4O4S.2ClH/c1-18(29)25-21-6-8-23(9-7-21)33(31,32)26-22-14-19(16-27-10-2-3-11-27)24(30)20(15-22)17-28-12-4-5-13-28;;/h6-9,14-15,26,30H,2-5,10-13,16-17H2,1H3,(H,25,29);2*1H. The van der Waals surface area contributed by atoms with Crippen LogP contribution in [0.3, 0.4) is 0 Å². The highest BCUT2D eigenvalue weighted by Crippen LogP contribution is 2.32. The summed E-state index contributed by atoms with van der Waals surface area (Å²) in [5.41, 5.74) is 2.47. The van der Waals surface area contributed by atoms with E-state index in [9.17, 15) is 18.3 Å². The van der Waals surface area contributed by atoms with Crippen molar-refractivity contribution < 1.29 is 18.3 Å². The molecule has 2 aromatic rings. The van der Waals surface area contributed by atoms with E-state index < -0.39 is 10.0 Å². The van der Waals surface area contributed by atoms with Gasteiger partial charge >= 0.3 is 0 Å². The number of nitrogens with one attached hydrogen (secondary N) is 2. The van der Waals surface area contributed by atoms with Gasteiger partial charge in [0, 0.05) is 42.5 Å². The minimum absolute atomic E-state index is 0. The Hall–Kier alpha value is -2.04. The van der Waals surface area contributed by atoms with Crippen LogP contribution in [-0.4, -0.2) is 55.4 Å². The van der Waals surface area contributed by atoms with E-state index in [0.717, 1.165) is 63.0 Å². The topological polar surface area (TPSA) is 102 Å². The molecule has 2 fully saturated rings. The van der Waals surface area contributed by atoms with Crippen molar-refractivity contribution in [3.05, 3.63) is 47.5 Å². The molecule has 4 rings (SSSR count). The Morgan fingerprint density at radius 2 is 1.31 bits per heavy atom. The van der Waals surface area contributed by atoms with Gasteiger partial charge in [0.2, 0.25) is 5.91 Å². The number of phenols is 1. The third kappa shape index (κ3) is 7.72. The number of benzene rings is 2. The molecular weight excluding hydrogens is 511 g/mol. The Bertz CT molecular complexity index is 1060. The van der Waals surface area contributed by atoms with Gasteiger partial charge < -0.3 is 10.4 Å². The Morgan fingerprint density at radius 1 is 0.857 bits per heavy atom. The number of amides is 1. The Kier molecular flexibility index (Phi) is 10.7. The second-order valence-corrected chi connectivity index (χ2v) is 10.6. The number of sulfonamides is 1. The molecule has 35 heavy (non-hydrogen) atoms. The summed E-state index contributed by atoms with van der Waals surface area (Å²) in [6, 6.07) is 9.53. The molecule has 8 nitrogen and oxygen atoms in total. The molecule has 2 aliphatic heterocycles. The van der Waals surface area contributed by atoms with Crippen molar-refractivity contribution in [2.75, 3.05) is 36.2 Å². The zero-order valence-electron chi connectivity index (χ0n) is 19.8. The molecule has 0 aliphatic carbocycles. The molecule has 1 amide bonds. The number of aromatic hydroxyl groups is 1. The zero-order chi connectivity index (χ0) is 23.4. The highest BCUT2D eigenvalue weighted by atomic mass is 35.5. The number of halogens is 2. The summed E-state index contributed by atoms with van der Waals surface area (Å²) in [4.78, 5) is 15.9. The Labute approximate surface area is 219 Å². The third-order valence-corrected chi connectivity index (χ3v) is 7.59. The number of hydrogen-bond acceptors (Lipinski definition) is 6. The van der Waals surface area contributed by atoms with Gasteiger partial charge in [-0.15, -0.1) is 24.8 Å². The number of anilines is 2. The Morgan fingerprint density at radius 3 is 1.74 bits per heavy atom. The van der Waals surface area contributed by atoms with Crippen molar-refractivity contribution >= 4 is 52.1 Å². The van der Waals surface area contributed by atoms with E-state index in [4.69, 9.17) is 0 Å². The normalized spacial score (nSPS) is 16.4. The van der Waals surface area contributed by atoms with Crippen molar-refractivity contribution in [1.82, 2.24) is 9.80 Å². The van der Waals surface area contributed by atoms with Crippen molar-refractivity contribution in [1.29, 1.82) is 0 Å². The summed E-state index contributed by atoms with van der Waals surface area (Å²) in [7, 11) is -3.83. The maximum absolute atomic E-state index is 13.0. The number of carbonyl (C=O) groups is 1. The molecule has 0 unspecified atom stereocenters. The second-order valence-electron chi connectivity index (χ2n) is 8.92. The number of carbonyl (C=O) groups excluding carboxylic acids is 1. The maximum Gasteiger partial charge on any atom is 0.261 e.